The summed E-state index contributed by atoms with van der Waals surface area (Å²) in [6.07, 6.45) is 17.9. The van der Waals surface area contributed by atoms with Gasteiger partial charge in [0.05, 0.1) is 54.9 Å². The third-order valence-corrected chi connectivity index (χ3v) is 11.9. The number of hydrogen-bond acceptors (Lipinski definition) is 7. The van der Waals surface area contributed by atoms with Crippen LogP contribution in [0.4, 0.5) is 0 Å². The lowest BCUT2D eigenvalue weighted by molar-refractivity contribution is 0.0555. The molecule has 0 bridgehead atoms. The van der Waals surface area contributed by atoms with Gasteiger partial charge in [0, 0.05) is 7.26 Å². The number of esters is 2. The average molecular weight is 533 g/mol. The van der Waals surface area contributed by atoms with Crippen molar-refractivity contribution in [2.75, 3.05) is 38.9 Å². The van der Waals surface area contributed by atoms with Gasteiger partial charge in [-0.15, -0.1) is 0 Å². The molecule has 1 aromatic carbocycles. The number of methoxy groups -OCH3 is 2. The summed E-state index contributed by atoms with van der Waals surface area (Å²) in [7, 11) is -3.13. The number of unbranched alkanes of at least 4 members (excludes halogenated alkanes) is 4. The van der Waals surface area contributed by atoms with E-state index in [4.69, 9.17) is 0 Å². The first-order chi connectivity index (χ1) is 16.5. The Morgan fingerprint density at radius 1 is 0.743 bits per heavy atom. The molecule has 7 nitrogen and oxygen atoms in total. The summed E-state index contributed by atoms with van der Waals surface area (Å²) in [6, 6.07) is 2.71. The number of benzene rings is 1. The lowest BCUT2D eigenvalue weighted by atomic mass is 10.1. The van der Waals surface area contributed by atoms with Crippen LogP contribution in [0.15, 0.2) is 23.1 Å². The summed E-state index contributed by atoms with van der Waals surface area (Å²) in [4.78, 5) is 22.1. The van der Waals surface area contributed by atoms with Crippen LogP contribution in [-0.2, 0) is 19.6 Å². The minimum Gasteiger partial charge on any atom is -0.744 e. The summed E-state index contributed by atoms with van der Waals surface area (Å²) in [5, 5.41) is 0. The van der Waals surface area contributed by atoms with Crippen LogP contribution in [0.25, 0.3) is 0 Å². The molecule has 0 amide bonds. The van der Waals surface area contributed by atoms with Crippen molar-refractivity contribution in [3.05, 3.63) is 29.3 Å². The highest BCUT2D eigenvalue weighted by molar-refractivity contribution is 7.85. The topological polar surface area (TPSA) is 110 Å². The van der Waals surface area contributed by atoms with Gasteiger partial charge in [0.1, 0.15) is 10.1 Å². The molecule has 0 saturated heterocycles. The Balaban J connectivity index is 0.000000662. The molecule has 0 radical (unpaired) electrons. The quantitative estimate of drug-likeness (QED) is 0.147. The van der Waals surface area contributed by atoms with Gasteiger partial charge in [-0.25, -0.2) is 18.0 Å². The van der Waals surface area contributed by atoms with Crippen LogP contribution in [0.5, 0.6) is 0 Å². The van der Waals surface area contributed by atoms with E-state index in [1.165, 1.54) is 51.4 Å². The highest BCUT2D eigenvalue weighted by atomic mass is 32.2. The van der Waals surface area contributed by atoms with Crippen molar-refractivity contribution in [3.63, 3.8) is 0 Å². The summed E-state index contributed by atoms with van der Waals surface area (Å²) in [6.45, 7) is 9.42. The molecule has 0 aliphatic carbocycles. The molecular formula is C26H45O7PS. The lowest BCUT2D eigenvalue weighted by Crippen LogP contribution is -2.13. The van der Waals surface area contributed by atoms with Crippen molar-refractivity contribution in [2.24, 2.45) is 0 Å². The number of rotatable bonds is 15. The standard InChI is InChI=1S/C16H36P.C10H10O7S/c1-5-9-13-17(14-10-6-2,15-11-7-3)16-12-8-4;1-16-9(11)7-4-3-6(18(13,14)15)5-8(7)10(12)17-2/h5-16H2,1-4H3;3-5H,1-2H3,(H,13,14,15)/q+1;/p-1. The minimum absolute atomic E-state index is 0.184. The van der Waals surface area contributed by atoms with Gasteiger partial charge in [0.2, 0.25) is 0 Å². The molecule has 0 saturated carbocycles. The highest BCUT2D eigenvalue weighted by Gasteiger charge is 2.34. The van der Waals surface area contributed by atoms with Gasteiger partial charge in [-0.1, -0.05) is 53.4 Å². The number of ether oxygens (including phenoxy) is 2. The predicted molar refractivity (Wildman–Crippen MR) is 143 cm³/mol. The van der Waals surface area contributed by atoms with Crippen molar-refractivity contribution in [2.45, 2.75) is 84.0 Å². The Kier molecular flexibility index (Phi) is 17.1. The normalized spacial score (nSPS) is 11.4. The van der Waals surface area contributed by atoms with E-state index in [9.17, 15) is 22.6 Å². The lowest BCUT2D eigenvalue weighted by Gasteiger charge is -2.28. The first-order valence-electron chi connectivity index (χ1n) is 12.7. The van der Waals surface area contributed by atoms with Gasteiger partial charge in [-0.05, 0) is 43.9 Å². The fraction of sp³-hybridized carbons (Fsp3) is 0.692. The van der Waals surface area contributed by atoms with Crippen LogP contribution in [0.1, 0.15) is 99.8 Å². The first kappa shape index (κ1) is 33.5. The monoisotopic (exact) mass is 532 g/mol. The Labute approximate surface area is 213 Å². The molecule has 0 fully saturated rings. The van der Waals surface area contributed by atoms with Crippen molar-refractivity contribution in [3.8, 4) is 0 Å². The van der Waals surface area contributed by atoms with E-state index < -0.39 is 34.2 Å². The van der Waals surface area contributed by atoms with Gasteiger partial charge in [0.25, 0.3) is 0 Å². The number of carbonyl (C=O) groups excluding carboxylic acids is 2. The average Bonchev–Trinajstić information content (AvgIpc) is 2.86. The van der Waals surface area contributed by atoms with E-state index >= 15 is 0 Å². The van der Waals surface area contributed by atoms with Crippen LogP contribution in [0.3, 0.4) is 0 Å². The van der Waals surface area contributed by atoms with Gasteiger partial charge in [-0.2, -0.15) is 0 Å². The highest BCUT2D eigenvalue weighted by Crippen LogP contribution is 2.61. The van der Waals surface area contributed by atoms with E-state index in [-0.39, 0.29) is 11.1 Å². The second kappa shape index (κ2) is 17.9. The summed E-state index contributed by atoms with van der Waals surface area (Å²) < 4.78 is 41.3. The van der Waals surface area contributed by atoms with Gasteiger partial charge in [0.15, 0.2) is 0 Å². The fourth-order valence-electron chi connectivity index (χ4n) is 3.89. The zero-order valence-electron chi connectivity index (χ0n) is 22.4. The summed E-state index contributed by atoms with van der Waals surface area (Å²) in [5.74, 6) is -1.79. The molecule has 0 N–H and O–H groups in total. The van der Waals surface area contributed by atoms with Gasteiger partial charge >= 0.3 is 11.9 Å². The maximum Gasteiger partial charge on any atom is 0.338 e. The Bertz CT molecular complexity index is 831. The molecule has 35 heavy (non-hydrogen) atoms. The Morgan fingerprint density at radius 2 is 1.11 bits per heavy atom. The number of hydrogen-bond donors (Lipinski definition) is 0. The molecule has 1 rings (SSSR count). The van der Waals surface area contributed by atoms with Crippen LogP contribution in [-0.4, -0.2) is 63.8 Å². The molecule has 0 heterocycles. The van der Waals surface area contributed by atoms with Gasteiger partial charge in [-0.3, -0.25) is 0 Å². The van der Waals surface area contributed by atoms with E-state index in [1.807, 2.05) is 0 Å². The maximum atomic E-state index is 11.4. The summed E-state index contributed by atoms with van der Waals surface area (Å²) >= 11 is 0. The van der Waals surface area contributed by atoms with E-state index in [0.29, 0.717) is 0 Å². The molecule has 0 aliphatic heterocycles. The second-order valence-electron chi connectivity index (χ2n) is 8.79. The van der Waals surface area contributed by atoms with E-state index in [1.54, 1.807) is 24.6 Å². The molecule has 9 heteroatoms. The second-order valence-corrected chi connectivity index (χ2v) is 14.6. The SMILES string of the molecule is CCCC[P+](CCCC)(CCCC)CCCC.COC(=O)c1ccc(S(=O)(=O)[O-])cc1C(=O)OC. The minimum atomic E-state index is -4.73. The third kappa shape index (κ3) is 12.3. The Morgan fingerprint density at radius 3 is 1.43 bits per heavy atom. The molecule has 0 aliphatic rings. The molecule has 0 aromatic heterocycles. The van der Waals surface area contributed by atoms with Crippen LogP contribution in [0.2, 0.25) is 0 Å². The molecule has 0 spiro atoms. The smallest absolute Gasteiger partial charge is 0.338 e. The predicted octanol–water partition coefficient (Wildman–Crippen LogP) is 6.37. The summed E-state index contributed by atoms with van der Waals surface area (Å²) in [5.41, 5.74) is -0.530. The zero-order valence-corrected chi connectivity index (χ0v) is 24.1. The van der Waals surface area contributed by atoms with Crippen molar-refractivity contribution < 1.29 is 32.0 Å². The Hall–Kier alpha value is -1.50. The molecule has 202 valence electrons. The van der Waals surface area contributed by atoms with E-state index in [2.05, 4.69) is 37.2 Å². The zero-order chi connectivity index (χ0) is 26.9. The number of carbonyl (C=O) groups is 2. The third-order valence-electron chi connectivity index (χ3n) is 6.03. The van der Waals surface area contributed by atoms with Crippen molar-refractivity contribution in [1.82, 2.24) is 0 Å². The molecule has 0 unspecified atom stereocenters. The van der Waals surface area contributed by atoms with Crippen molar-refractivity contribution in [1.29, 1.82) is 0 Å². The molecule has 0 atom stereocenters. The molecular weight excluding hydrogens is 487 g/mol. The fourth-order valence-corrected chi connectivity index (χ4v) is 9.68. The van der Waals surface area contributed by atoms with Crippen LogP contribution >= 0.6 is 7.26 Å². The van der Waals surface area contributed by atoms with Gasteiger partial charge < -0.3 is 14.0 Å². The van der Waals surface area contributed by atoms with Crippen LogP contribution < -0.4 is 0 Å². The molecule has 1 aromatic rings. The maximum absolute atomic E-state index is 11.4. The van der Waals surface area contributed by atoms with Crippen molar-refractivity contribution >= 4 is 29.3 Å². The van der Waals surface area contributed by atoms with Crippen LogP contribution in [0, 0.1) is 0 Å². The first-order valence-corrected chi connectivity index (χ1v) is 16.6. The largest absolute Gasteiger partial charge is 0.744 e. The van der Waals surface area contributed by atoms with E-state index in [0.717, 1.165) is 32.4 Å².